The normalized spacial score (nSPS) is 20.9. The van der Waals surface area contributed by atoms with Gasteiger partial charge in [-0.2, -0.15) is 4.31 Å². The molecule has 24 heavy (non-hydrogen) atoms. The van der Waals surface area contributed by atoms with Crippen molar-refractivity contribution in [1.29, 1.82) is 0 Å². The third kappa shape index (κ3) is 4.07. The number of nitrogens with one attached hydrogen (secondary N) is 1. The molecule has 2 heterocycles. The Kier molecular flexibility index (Phi) is 5.40. The molecule has 0 spiro atoms. The second-order valence-electron chi connectivity index (χ2n) is 6.36. The molecule has 1 saturated heterocycles. The van der Waals surface area contributed by atoms with E-state index >= 15 is 0 Å². The fourth-order valence-corrected chi connectivity index (χ4v) is 4.46. The number of guanidine groups is 1. The molecule has 1 aliphatic heterocycles. The number of aliphatic imine (C=N–C) groups is 1. The third-order valence-corrected chi connectivity index (χ3v) is 6.55. The topological polar surface area (TPSA) is 91.0 Å². The van der Waals surface area contributed by atoms with Crippen LogP contribution in [0.25, 0.3) is 0 Å². The van der Waals surface area contributed by atoms with E-state index in [0.717, 1.165) is 18.4 Å². The van der Waals surface area contributed by atoms with Gasteiger partial charge >= 0.3 is 0 Å². The number of nitrogens with zero attached hydrogens (tertiary/aromatic N) is 4. The van der Waals surface area contributed by atoms with Crippen LogP contribution in [-0.2, 0) is 15.8 Å². The first-order chi connectivity index (χ1) is 11.6. The van der Waals surface area contributed by atoms with Gasteiger partial charge in [-0.05, 0) is 18.8 Å². The van der Waals surface area contributed by atoms with E-state index in [9.17, 15) is 8.42 Å². The lowest BCUT2D eigenvalue weighted by Crippen LogP contribution is -2.54. The van der Waals surface area contributed by atoms with Gasteiger partial charge in [0.15, 0.2) is 5.96 Å². The summed E-state index contributed by atoms with van der Waals surface area (Å²) in [6, 6.07) is 1.58. The zero-order valence-electron chi connectivity index (χ0n) is 14.0. The highest BCUT2D eigenvalue weighted by Gasteiger charge is 2.29. The van der Waals surface area contributed by atoms with Gasteiger partial charge in [0.1, 0.15) is 12.0 Å². The third-order valence-electron chi connectivity index (χ3n) is 4.74. The first-order valence-electron chi connectivity index (χ1n) is 8.41. The molecule has 1 aromatic heterocycles. The summed E-state index contributed by atoms with van der Waals surface area (Å²) in [7, 11) is -1.58. The Morgan fingerprint density at radius 1 is 1.38 bits per heavy atom. The van der Waals surface area contributed by atoms with Crippen LogP contribution in [0, 0.1) is 5.92 Å². The average molecular weight is 355 g/mol. The van der Waals surface area contributed by atoms with Gasteiger partial charge in [0.2, 0.25) is 10.0 Å². The second kappa shape index (κ2) is 7.52. The van der Waals surface area contributed by atoms with E-state index in [1.54, 1.807) is 13.1 Å². The molecule has 1 aromatic rings. The zero-order chi connectivity index (χ0) is 17.0. The summed E-state index contributed by atoms with van der Waals surface area (Å²) in [6.45, 7) is 3.16. The van der Waals surface area contributed by atoms with Gasteiger partial charge in [0.25, 0.3) is 0 Å². The van der Waals surface area contributed by atoms with E-state index in [-0.39, 0.29) is 5.75 Å². The summed E-state index contributed by atoms with van der Waals surface area (Å²) >= 11 is 0. The van der Waals surface area contributed by atoms with Crippen LogP contribution in [0.15, 0.2) is 21.8 Å². The Morgan fingerprint density at radius 2 is 2.12 bits per heavy atom. The van der Waals surface area contributed by atoms with Gasteiger partial charge in [0, 0.05) is 45.8 Å². The predicted octanol–water partition coefficient (Wildman–Crippen LogP) is 0.498. The first-order valence-corrected chi connectivity index (χ1v) is 10.0. The van der Waals surface area contributed by atoms with Gasteiger partial charge in [-0.25, -0.2) is 8.42 Å². The van der Waals surface area contributed by atoms with Gasteiger partial charge < -0.3 is 14.7 Å². The van der Waals surface area contributed by atoms with Crippen molar-refractivity contribution in [2.45, 2.75) is 25.0 Å². The number of hydrogen-bond acceptors (Lipinski definition) is 5. The summed E-state index contributed by atoms with van der Waals surface area (Å²) in [6.07, 6.45) is 5.30. The fourth-order valence-electron chi connectivity index (χ4n) is 3.03. The molecule has 1 N–H and O–H groups in total. The van der Waals surface area contributed by atoms with Crippen LogP contribution in [0.4, 0.5) is 0 Å². The Morgan fingerprint density at radius 3 is 2.67 bits per heavy atom. The van der Waals surface area contributed by atoms with E-state index in [0.29, 0.717) is 31.9 Å². The summed E-state index contributed by atoms with van der Waals surface area (Å²) in [5.41, 5.74) is 0.440. The van der Waals surface area contributed by atoms with E-state index < -0.39 is 10.0 Å². The second-order valence-corrected chi connectivity index (χ2v) is 8.33. The molecule has 0 unspecified atom stereocenters. The van der Waals surface area contributed by atoms with Crippen LogP contribution in [0.1, 0.15) is 25.0 Å². The van der Waals surface area contributed by atoms with E-state index in [2.05, 4.69) is 20.4 Å². The summed E-state index contributed by atoms with van der Waals surface area (Å²) in [5, 5.41) is 7.10. The number of sulfonamides is 1. The van der Waals surface area contributed by atoms with Crippen molar-refractivity contribution < 1.29 is 12.9 Å². The molecule has 3 rings (SSSR count). The molecular formula is C15H25N5O3S. The number of hydrogen-bond donors (Lipinski definition) is 1. The molecule has 0 amide bonds. The molecular weight excluding hydrogens is 330 g/mol. The summed E-state index contributed by atoms with van der Waals surface area (Å²) < 4.78 is 31.1. The number of piperazine rings is 1. The van der Waals surface area contributed by atoms with Crippen molar-refractivity contribution >= 4 is 16.0 Å². The molecule has 0 radical (unpaired) electrons. The van der Waals surface area contributed by atoms with Gasteiger partial charge in [0.05, 0.1) is 5.69 Å². The Hall–Kier alpha value is -1.61. The minimum Gasteiger partial charge on any atom is -0.364 e. The van der Waals surface area contributed by atoms with Crippen molar-refractivity contribution in [1.82, 2.24) is 19.7 Å². The van der Waals surface area contributed by atoms with Crippen LogP contribution in [0.5, 0.6) is 0 Å². The molecule has 0 atom stereocenters. The van der Waals surface area contributed by atoms with Gasteiger partial charge in [-0.15, -0.1) is 0 Å². The molecule has 134 valence electrons. The zero-order valence-corrected chi connectivity index (χ0v) is 14.8. The predicted molar refractivity (Wildman–Crippen MR) is 91.0 cm³/mol. The quantitative estimate of drug-likeness (QED) is 0.611. The standard InChI is InChI=1S/C15H25N5O3S/c1-16-15(17-11-13-3-2-4-13)19-6-8-20(9-7-19)24(21,22)12-14-5-10-23-18-14/h5,10,13H,2-4,6-9,11-12H2,1H3,(H,16,17). The van der Waals surface area contributed by atoms with Crippen LogP contribution in [0.2, 0.25) is 0 Å². The minimum atomic E-state index is -3.36. The van der Waals surface area contributed by atoms with Gasteiger partial charge in [-0.1, -0.05) is 11.6 Å². The molecule has 1 saturated carbocycles. The number of rotatable bonds is 5. The highest BCUT2D eigenvalue weighted by molar-refractivity contribution is 7.88. The molecule has 9 heteroatoms. The van der Waals surface area contributed by atoms with Crippen molar-refractivity contribution in [3.63, 3.8) is 0 Å². The van der Waals surface area contributed by atoms with E-state index in [1.807, 2.05) is 0 Å². The summed E-state index contributed by atoms with van der Waals surface area (Å²) in [5.74, 6) is 1.51. The SMILES string of the molecule is CN=C(NCC1CCC1)N1CCN(S(=O)(=O)Cc2ccon2)CC1. The lowest BCUT2D eigenvalue weighted by Gasteiger charge is -2.36. The Bertz CT molecular complexity index is 647. The Labute approximate surface area is 142 Å². The molecule has 8 nitrogen and oxygen atoms in total. The number of aromatic nitrogens is 1. The average Bonchev–Trinajstić information content (AvgIpc) is 3.02. The first kappa shape index (κ1) is 17.2. The maximum atomic E-state index is 12.4. The molecule has 2 aliphatic rings. The lowest BCUT2D eigenvalue weighted by molar-refractivity contribution is 0.254. The maximum Gasteiger partial charge on any atom is 0.220 e. The molecule has 1 aliphatic carbocycles. The van der Waals surface area contributed by atoms with Crippen LogP contribution >= 0.6 is 0 Å². The van der Waals surface area contributed by atoms with Crippen molar-refractivity contribution in [2.24, 2.45) is 10.9 Å². The molecule has 2 fully saturated rings. The lowest BCUT2D eigenvalue weighted by atomic mass is 9.85. The Balaban J connectivity index is 1.50. The molecule has 0 bridgehead atoms. The minimum absolute atomic E-state index is 0.113. The highest BCUT2D eigenvalue weighted by atomic mass is 32.2. The van der Waals surface area contributed by atoms with Gasteiger partial charge in [-0.3, -0.25) is 4.99 Å². The summed E-state index contributed by atoms with van der Waals surface area (Å²) in [4.78, 5) is 6.46. The maximum absolute atomic E-state index is 12.4. The van der Waals surface area contributed by atoms with Crippen molar-refractivity contribution in [3.8, 4) is 0 Å². The van der Waals surface area contributed by atoms with Crippen molar-refractivity contribution in [3.05, 3.63) is 18.0 Å². The van der Waals surface area contributed by atoms with Crippen LogP contribution in [-0.4, -0.2) is 68.5 Å². The van der Waals surface area contributed by atoms with E-state index in [1.165, 1.54) is 29.8 Å². The fraction of sp³-hybridized carbons (Fsp3) is 0.733. The largest absolute Gasteiger partial charge is 0.364 e. The monoisotopic (exact) mass is 355 g/mol. The van der Waals surface area contributed by atoms with Crippen LogP contribution < -0.4 is 5.32 Å². The highest BCUT2D eigenvalue weighted by Crippen LogP contribution is 2.25. The smallest absolute Gasteiger partial charge is 0.220 e. The van der Waals surface area contributed by atoms with E-state index in [4.69, 9.17) is 4.52 Å². The molecule has 0 aromatic carbocycles. The van der Waals surface area contributed by atoms with Crippen molar-refractivity contribution in [2.75, 3.05) is 39.8 Å². The van der Waals surface area contributed by atoms with Crippen LogP contribution in [0.3, 0.4) is 0 Å².